The third-order valence-corrected chi connectivity index (χ3v) is 3.83. The lowest BCUT2D eigenvalue weighted by Gasteiger charge is -2.28. The quantitative estimate of drug-likeness (QED) is 0.735. The smallest absolute Gasteiger partial charge is 0.222 e. The summed E-state index contributed by atoms with van der Waals surface area (Å²) in [5, 5.41) is 0. The SMILES string of the molecule is O=C(CN1CCCCC1=O)C1CCCCC1. The maximum absolute atomic E-state index is 12.0. The van der Waals surface area contributed by atoms with E-state index in [1.807, 2.05) is 0 Å². The molecule has 90 valence electrons. The molecule has 1 amide bonds. The Bertz CT molecular complexity index is 269. The summed E-state index contributed by atoms with van der Waals surface area (Å²) in [5.41, 5.74) is 0. The maximum Gasteiger partial charge on any atom is 0.222 e. The lowest BCUT2D eigenvalue weighted by molar-refractivity contribution is -0.138. The second-order valence-corrected chi connectivity index (χ2v) is 5.07. The molecule has 2 aliphatic rings. The average molecular weight is 223 g/mol. The average Bonchev–Trinajstić information content (AvgIpc) is 2.33. The summed E-state index contributed by atoms with van der Waals surface area (Å²) >= 11 is 0. The zero-order valence-electron chi connectivity index (χ0n) is 9.91. The summed E-state index contributed by atoms with van der Waals surface area (Å²) in [5.74, 6) is 0.717. The van der Waals surface area contributed by atoms with Gasteiger partial charge in [0.05, 0.1) is 6.54 Å². The molecule has 2 rings (SSSR count). The van der Waals surface area contributed by atoms with Gasteiger partial charge in [0.2, 0.25) is 5.91 Å². The Kier molecular flexibility index (Phi) is 3.97. The monoisotopic (exact) mass is 223 g/mol. The summed E-state index contributed by atoms with van der Waals surface area (Å²) < 4.78 is 0. The number of hydrogen-bond donors (Lipinski definition) is 0. The molecule has 3 heteroatoms. The van der Waals surface area contributed by atoms with Gasteiger partial charge in [0, 0.05) is 18.9 Å². The van der Waals surface area contributed by atoms with Gasteiger partial charge < -0.3 is 4.90 Å². The fourth-order valence-corrected chi connectivity index (χ4v) is 2.77. The predicted molar refractivity (Wildman–Crippen MR) is 62.0 cm³/mol. The Morgan fingerprint density at radius 3 is 2.56 bits per heavy atom. The van der Waals surface area contributed by atoms with Crippen LogP contribution in [-0.2, 0) is 9.59 Å². The summed E-state index contributed by atoms with van der Waals surface area (Å²) in [6, 6.07) is 0. The van der Waals surface area contributed by atoms with E-state index in [9.17, 15) is 9.59 Å². The molecule has 16 heavy (non-hydrogen) atoms. The first-order valence-corrected chi connectivity index (χ1v) is 6.58. The van der Waals surface area contributed by atoms with Gasteiger partial charge in [-0.1, -0.05) is 19.3 Å². The molecule has 0 N–H and O–H groups in total. The van der Waals surface area contributed by atoms with Crippen molar-refractivity contribution in [2.75, 3.05) is 13.1 Å². The molecule has 1 saturated heterocycles. The molecule has 0 unspecified atom stereocenters. The molecule has 3 nitrogen and oxygen atoms in total. The van der Waals surface area contributed by atoms with Gasteiger partial charge in [0.25, 0.3) is 0 Å². The van der Waals surface area contributed by atoms with Crippen LogP contribution in [0, 0.1) is 5.92 Å². The van der Waals surface area contributed by atoms with E-state index in [4.69, 9.17) is 0 Å². The first-order chi connectivity index (χ1) is 7.77. The van der Waals surface area contributed by atoms with E-state index in [2.05, 4.69) is 0 Å². The fourth-order valence-electron chi connectivity index (χ4n) is 2.77. The van der Waals surface area contributed by atoms with Gasteiger partial charge >= 0.3 is 0 Å². The van der Waals surface area contributed by atoms with Crippen molar-refractivity contribution in [3.05, 3.63) is 0 Å². The van der Waals surface area contributed by atoms with E-state index in [1.165, 1.54) is 19.3 Å². The molecule has 1 aliphatic carbocycles. The topological polar surface area (TPSA) is 37.4 Å². The molecule has 1 saturated carbocycles. The highest BCUT2D eigenvalue weighted by atomic mass is 16.2. The van der Waals surface area contributed by atoms with E-state index in [1.54, 1.807) is 4.90 Å². The molecule has 1 aliphatic heterocycles. The number of piperidine rings is 1. The van der Waals surface area contributed by atoms with E-state index in [-0.39, 0.29) is 11.8 Å². The minimum absolute atomic E-state index is 0.176. The van der Waals surface area contributed by atoms with E-state index >= 15 is 0 Å². The highest BCUT2D eigenvalue weighted by molar-refractivity contribution is 5.87. The number of Topliss-reactive ketones (excluding diaryl/α,β-unsaturated/α-hetero) is 1. The Morgan fingerprint density at radius 1 is 1.12 bits per heavy atom. The van der Waals surface area contributed by atoms with Crippen molar-refractivity contribution in [2.24, 2.45) is 5.92 Å². The number of ketones is 1. The number of nitrogens with zero attached hydrogens (tertiary/aromatic N) is 1. The van der Waals surface area contributed by atoms with Crippen molar-refractivity contribution in [3.63, 3.8) is 0 Å². The number of carbonyl (C=O) groups is 2. The molecule has 2 fully saturated rings. The second-order valence-electron chi connectivity index (χ2n) is 5.07. The van der Waals surface area contributed by atoms with Crippen LogP contribution in [0.1, 0.15) is 51.4 Å². The van der Waals surface area contributed by atoms with Crippen LogP contribution in [0.3, 0.4) is 0 Å². The van der Waals surface area contributed by atoms with Gasteiger partial charge in [-0.05, 0) is 25.7 Å². The van der Waals surface area contributed by atoms with E-state index in [0.29, 0.717) is 18.7 Å². The minimum Gasteiger partial charge on any atom is -0.335 e. The molecule has 0 radical (unpaired) electrons. The lowest BCUT2D eigenvalue weighted by Crippen LogP contribution is -2.41. The number of hydrogen-bond acceptors (Lipinski definition) is 2. The number of likely N-dealkylation sites (tertiary alicyclic amines) is 1. The van der Waals surface area contributed by atoms with Crippen molar-refractivity contribution >= 4 is 11.7 Å². The Morgan fingerprint density at radius 2 is 1.88 bits per heavy atom. The van der Waals surface area contributed by atoms with Crippen molar-refractivity contribution in [1.29, 1.82) is 0 Å². The Hall–Kier alpha value is -0.860. The zero-order chi connectivity index (χ0) is 11.4. The van der Waals surface area contributed by atoms with Gasteiger partial charge in [-0.3, -0.25) is 9.59 Å². The summed E-state index contributed by atoms with van der Waals surface area (Å²) in [6.45, 7) is 1.17. The van der Waals surface area contributed by atoms with Gasteiger partial charge in [-0.15, -0.1) is 0 Å². The van der Waals surface area contributed by atoms with Crippen LogP contribution in [0.15, 0.2) is 0 Å². The van der Waals surface area contributed by atoms with E-state index < -0.39 is 0 Å². The van der Waals surface area contributed by atoms with Crippen molar-refractivity contribution < 1.29 is 9.59 Å². The van der Waals surface area contributed by atoms with Crippen LogP contribution in [-0.4, -0.2) is 29.7 Å². The molecular weight excluding hydrogens is 202 g/mol. The molecule has 0 bridgehead atoms. The van der Waals surface area contributed by atoms with E-state index in [0.717, 1.165) is 32.2 Å². The summed E-state index contributed by atoms with van der Waals surface area (Å²) in [4.78, 5) is 25.4. The molecule has 0 aromatic carbocycles. The molecular formula is C13H21NO2. The fraction of sp³-hybridized carbons (Fsp3) is 0.846. The van der Waals surface area contributed by atoms with Crippen molar-refractivity contribution in [3.8, 4) is 0 Å². The standard InChI is InChI=1S/C13H21NO2/c15-12(11-6-2-1-3-7-11)10-14-9-5-4-8-13(14)16/h11H,1-10H2. The molecule has 0 spiro atoms. The van der Waals surface area contributed by atoms with Gasteiger partial charge in [-0.25, -0.2) is 0 Å². The molecule has 1 heterocycles. The molecule has 0 aromatic rings. The number of rotatable bonds is 3. The number of carbonyl (C=O) groups excluding carboxylic acids is 2. The lowest BCUT2D eigenvalue weighted by atomic mass is 9.86. The molecule has 0 atom stereocenters. The van der Waals surface area contributed by atoms with Gasteiger partial charge in [0.15, 0.2) is 5.78 Å². The van der Waals surface area contributed by atoms with Gasteiger partial charge in [-0.2, -0.15) is 0 Å². The van der Waals surface area contributed by atoms with Crippen LogP contribution in [0.25, 0.3) is 0 Å². The third-order valence-electron chi connectivity index (χ3n) is 3.83. The Labute approximate surface area is 97.2 Å². The summed E-state index contributed by atoms with van der Waals surface area (Å²) in [6.07, 6.45) is 8.41. The maximum atomic E-state index is 12.0. The third kappa shape index (κ3) is 2.83. The van der Waals surface area contributed by atoms with Crippen LogP contribution >= 0.6 is 0 Å². The summed E-state index contributed by atoms with van der Waals surface area (Å²) in [7, 11) is 0. The van der Waals surface area contributed by atoms with Crippen LogP contribution < -0.4 is 0 Å². The normalized spacial score (nSPS) is 23.5. The van der Waals surface area contributed by atoms with Crippen LogP contribution in [0.5, 0.6) is 0 Å². The van der Waals surface area contributed by atoms with Gasteiger partial charge in [0.1, 0.15) is 0 Å². The first-order valence-electron chi connectivity index (χ1n) is 6.58. The predicted octanol–water partition coefficient (Wildman–Crippen LogP) is 2.15. The Balaban J connectivity index is 1.83. The first kappa shape index (κ1) is 11.6. The van der Waals surface area contributed by atoms with Crippen molar-refractivity contribution in [2.45, 2.75) is 51.4 Å². The van der Waals surface area contributed by atoms with Crippen LogP contribution in [0.4, 0.5) is 0 Å². The highest BCUT2D eigenvalue weighted by Gasteiger charge is 2.26. The number of amides is 1. The largest absolute Gasteiger partial charge is 0.335 e. The van der Waals surface area contributed by atoms with Crippen molar-refractivity contribution in [1.82, 2.24) is 4.90 Å². The van der Waals surface area contributed by atoms with Crippen LogP contribution in [0.2, 0.25) is 0 Å². The molecule has 0 aromatic heterocycles. The second kappa shape index (κ2) is 5.46. The zero-order valence-corrected chi connectivity index (χ0v) is 9.91. The minimum atomic E-state index is 0.176. The highest BCUT2D eigenvalue weighted by Crippen LogP contribution is 2.25.